The van der Waals surface area contributed by atoms with Crippen molar-refractivity contribution >= 4 is 33.2 Å². The number of aromatic nitrogens is 1. The molecule has 0 aliphatic carbocycles. The SMILES string of the molecule is CC(C)CNC(=O)c1cc(Nc2ccc(Br)cc2)ccn1. The van der Waals surface area contributed by atoms with Crippen molar-refractivity contribution in [1.29, 1.82) is 0 Å². The van der Waals surface area contributed by atoms with Gasteiger partial charge in [-0.15, -0.1) is 0 Å². The van der Waals surface area contributed by atoms with E-state index in [1.165, 1.54) is 0 Å². The Balaban J connectivity index is 2.06. The van der Waals surface area contributed by atoms with Crippen molar-refractivity contribution in [2.75, 3.05) is 11.9 Å². The van der Waals surface area contributed by atoms with Gasteiger partial charge in [0.05, 0.1) is 0 Å². The molecule has 0 fully saturated rings. The van der Waals surface area contributed by atoms with Crippen LogP contribution in [0, 0.1) is 5.92 Å². The van der Waals surface area contributed by atoms with E-state index in [4.69, 9.17) is 0 Å². The number of rotatable bonds is 5. The summed E-state index contributed by atoms with van der Waals surface area (Å²) >= 11 is 3.40. The fraction of sp³-hybridized carbons (Fsp3) is 0.250. The van der Waals surface area contributed by atoms with Gasteiger partial charge >= 0.3 is 0 Å². The van der Waals surface area contributed by atoms with E-state index in [2.05, 4.69) is 45.4 Å². The Kier molecular flexibility index (Phi) is 5.33. The van der Waals surface area contributed by atoms with E-state index in [0.29, 0.717) is 18.2 Å². The van der Waals surface area contributed by atoms with Gasteiger partial charge in [-0.1, -0.05) is 29.8 Å². The summed E-state index contributed by atoms with van der Waals surface area (Å²) in [6.45, 7) is 4.75. The zero-order chi connectivity index (χ0) is 15.2. The summed E-state index contributed by atoms with van der Waals surface area (Å²) in [5, 5.41) is 6.11. The molecule has 0 radical (unpaired) electrons. The molecule has 4 nitrogen and oxygen atoms in total. The molecule has 1 aromatic heterocycles. The smallest absolute Gasteiger partial charge is 0.269 e. The number of anilines is 2. The van der Waals surface area contributed by atoms with Gasteiger partial charge in [-0.3, -0.25) is 9.78 Å². The summed E-state index contributed by atoms with van der Waals surface area (Å²) in [5.74, 6) is 0.265. The first-order chi connectivity index (χ1) is 10.0. The quantitative estimate of drug-likeness (QED) is 0.860. The molecule has 1 amide bonds. The van der Waals surface area contributed by atoms with Crippen LogP contribution in [-0.2, 0) is 0 Å². The van der Waals surface area contributed by atoms with Crippen LogP contribution in [0.3, 0.4) is 0 Å². The minimum absolute atomic E-state index is 0.150. The third-order valence-corrected chi connectivity index (χ3v) is 3.33. The molecule has 1 aromatic carbocycles. The molecule has 0 unspecified atom stereocenters. The molecule has 1 heterocycles. The topological polar surface area (TPSA) is 54.0 Å². The number of nitrogens with zero attached hydrogens (tertiary/aromatic N) is 1. The number of carbonyl (C=O) groups excluding carboxylic acids is 1. The molecule has 5 heteroatoms. The van der Waals surface area contributed by atoms with Crippen LogP contribution in [0.2, 0.25) is 0 Å². The Morgan fingerprint density at radius 1 is 1.19 bits per heavy atom. The highest BCUT2D eigenvalue weighted by Gasteiger charge is 2.08. The summed E-state index contributed by atoms with van der Waals surface area (Å²) in [7, 11) is 0. The Morgan fingerprint density at radius 2 is 1.90 bits per heavy atom. The maximum Gasteiger partial charge on any atom is 0.269 e. The number of nitrogens with one attached hydrogen (secondary N) is 2. The van der Waals surface area contributed by atoms with Gasteiger partial charge in [-0.05, 0) is 42.3 Å². The predicted molar refractivity (Wildman–Crippen MR) is 88.8 cm³/mol. The number of hydrogen-bond donors (Lipinski definition) is 2. The summed E-state index contributed by atoms with van der Waals surface area (Å²) < 4.78 is 1.02. The van der Waals surface area contributed by atoms with E-state index < -0.39 is 0 Å². The van der Waals surface area contributed by atoms with Gasteiger partial charge in [0.15, 0.2) is 0 Å². The Morgan fingerprint density at radius 3 is 2.57 bits per heavy atom. The summed E-state index contributed by atoms with van der Waals surface area (Å²) in [6.07, 6.45) is 1.63. The molecule has 0 saturated carbocycles. The number of hydrogen-bond acceptors (Lipinski definition) is 3. The molecule has 2 aromatic rings. The van der Waals surface area contributed by atoms with Crippen molar-refractivity contribution in [2.24, 2.45) is 5.92 Å². The second-order valence-electron chi connectivity index (χ2n) is 5.17. The molecule has 0 saturated heterocycles. The largest absolute Gasteiger partial charge is 0.355 e. The van der Waals surface area contributed by atoms with Crippen LogP contribution in [0.5, 0.6) is 0 Å². The number of benzene rings is 1. The van der Waals surface area contributed by atoms with Crippen LogP contribution < -0.4 is 10.6 Å². The fourth-order valence-corrected chi connectivity index (χ4v) is 1.98. The van der Waals surface area contributed by atoms with Gasteiger partial charge in [0.2, 0.25) is 0 Å². The first kappa shape index (κ1) is 15.5. The zero-order valence-corrected chi connectivity index (χ0v) is 13.6. The lowest BCUT2D eigenvalue weighted by atomic mass is 10.2. The highest BCUT2D eigenvalue weighted by molar-refractivity contribution is 9.10. The lowest BCUT2D eigenvalue weighted by Crippen LogP contribution is -2.28. The van der Waals surface area contributed by atoms with Gasteiger partial charge in [-0.2, -0.15) is 0 Å². The minimum atomic E-state index is -0.150. The third kappa shape index (κ3) is 4.86. The van der Waals surface area contributed by atoms with Crippen LogP contribution >= 0.6 is 15.9 Å². The lowest BCUT2D eigenvalue weighted by Gasteiger charge is -2.09. The van der Waals surface area contributed by atoms with E-state index in [1.807, 2.05) is 30.3 Å². The molecule has 0 atom stereocenters. The molecule has 0 aliphatic heterocycles. The molecular weight excluding hydrogens is 330 g/mol. The van der Waals surface area contributed by atoms with E-state index in [1.54, 1.807) is 12.3 Å². The molecule has 21 heavy (non-hydrogen) atoms. The van der Waals surface area contributed by atoms with Gasteiger partial charge < -0.3 is 10.6 Å². The predicted octanol–water partition coefficient (Wildman–Crippen LogP) is 3.97. The second-order valence-corrected chi connectivity index (χ2v) is 6.08. The number of carbonyl (C=O) groups is 1. The first-order valence-corrected chi connectivity index (χ1v) is 7.61. The van der Waals surface area contributed by atoms with Gasteiger partial charge in [0.1, 0.15) is 5.69 Å². The Hall–Kier alpha value is -1.88. The van der Waals surface area contributed by atoms with Gasteiger partial charge in [-0.25, -0.2) is 0 Å². The molecule has 0 aliphatic rings. The number of amides is 1. The van der Waals surface area contributed by atoms with Crippen LogP contribution in [0.1, 0.15) is 24.3 Å². The Bertz CT molecular complexity index is 611. The van der Waals surface area contributed by atoms with Crippen molar-refractivity contribution in [1.82, 2.24) is 10.3 Å². The standard InChI is InChI=1S/C16H18BrN3O/c1-11(2)10-19-16(21)15-9-14(7-8-18-15)20-13-5-3-12(17)4-6-13/h3-9,11H,10H2,1-2H3,(H,18,20)(H,19,21). The highest BCUT2D eigenvalue weighted by atomic mass is 79.9. The maximum atomic E-state index is 12.0. The van der Waals surface area contributed by atoms with Crippen molar-refractivity contribution in [2.45, 2.75) is 13.8 Å². The summed E-state index contributed by atoms with van der Waals surface area (Å²) in [5.41, 5.74) is 2.21. The molecule has 2 N–H and O–H groups in total. The van der Waals surface area contributed by atoms with E-state index in [-0.39, 0.29) is 5.91 Å². The molecule has 110 valence electrons. The van der Waals surface area contributed by atoms with Crippen molar-refractivity contribution < 1.29 is 4.79 Å². The van der Waals surface area contributed by atoms with Crippen molar-refractivity contribution in [3.8, 4) is 0 Å². The normalized spacial score (nSPS) is 10.5. The Labute approximate surface area is 133 Å². The molecule has 0 spiro atoms. The fourth-order valence-electron chi connectivity index (χ4n) is 1.72. The van der Waals surface area contributed by atoms with Crippen LogP contribution in [0.15, 0.2) is 47.1 Å². The van der Waals surface area contributed by atoms with E-state index in [0.717, 1.165) is 15.8 Å². The van der Waals surface area contributed by atoms with Crippen molar-refractivity contribution in [3.05, 3.63) is 52.8 Å². The summed E-state index contributed by atoms with van der Waals surface area (Å²) in [6, 6.07) is 11.4. The second kappa shape index (κ2) is 7.22. The van der Waals surface area contributed by atoms with Gasteiger partial charge in [0, 0.05) is 28.6 Å². The zero-order valence-electron chi connectivity index (χ0n) is 12.1. The average molecular weight is 348 g/mol. The average Bonchev–Trinajstić information content (AvgIpc) is 2.47. The van der Waals surface area contributed by atoms with E-state index in [9.17, 15) is 4.79 Å². The third-order valence-electron chi connectivity index (χ3n) is 2.80. The van der Waals surface area contributed by atoms with Crippen LogP contribution in [-0.4, -0.2) is 17.4 Å². The highest BCUT2D eigenvalue weighted by Crippen LogP contribution is 2.19. The number of halogens is 1. The van der Waals surface area contributed by atoms with Crippen molar-refractivity contribution in [3.63, 3.8) is 0 Å². The first-order valence-electron chi connectivity index (χ1n) is 6.81. The monoisotopic (exact) mass is 347 g/mol. The molecule has 0 bridgehead atoms. The van der Waals surface area contributed by atoms with E-state index >= 15 is 0 Å². The van der Waals surface area contributed by atoms with Gasteiger partial charge in [0.25, 0.3) is 5.91 Å². The maximum absolute atomic E-state index is 12.0. The molecule has 2 rings (SSSR count). The lowest BCUT2D eigenvalue weighted by molar-refractivity contribution is 0.0944. The minimum Gasteiger partial charge on any atom is -0.355 e. The number of pyridine rings is 1. The van der Waals surface area contributed by atoms with Crippen LogP contribution in [0.4, 0.5) is 11.4 Å². The molecular formula is C16H18BrN3O. The summed E-state index contributed by atoms with van der Waals surface area (Å²) in [4.78, 5) is 16.1. The van der Waals surface area contributed by atoms with Crippen LogP contribution in [0.25, 0.3) is 0 Å².